The molecule has 0 radical (unpaired) electrons. The molecule has 2 heterocycles. The summed E-state index contributed by atoms with van der Waals surface area (Å²) >= 11 is 0. The van der Waals surface area contributed by atoms with E-state index in [4.69, 9.17) is 28.7 Å². The molecule has 0 unspecified atom stereocenters. The standard InChI is InChI=1S/C54H97N19O24P2/c1-5-27(2)40(71-49(84)39-15-11-19-73(39)52(87)31(57)12-6-8-16-55)50(85)68-35(22-74)45(80)63-28(3)42(77)67-36(23-75)46(81)66-34(20-30-21-60-26-62-30)44(79)69-38(25-97-99(93,94)95)48(83)70-37(24-96-98(90,91)92)47(82)64-32(13-7-9-17-56)43(78)72-41(29(4)76)51(86)65-33(53(88)89)14-10-18-61-54(58)59/h21,26-29,31-41,74-76H,5-20,22-25,55-57H2,1-4H3,(H,60,62)(H,63,80)(H,64,82)(H,65,86)(H,66,81)(H,67,77)(H,68,85)(H,69,79)(H,70,83)(H,71,84)(H,72,78)(H,88,89)(H4,58,59,61)(H2,90,91,92)(H2,93,94,95)/t27-,28-,29+,31-,32-,33-,34-,35-,36-,37-,38-,39-,40-,41-/m0/s1. The van der Waals surface area contributed by atoms with E-state index in [2.05, 4.69) is 66.5 Å². The van der Waals surface area contributed by atoms with Crippen LogP contribution < -0.4 is 81.8 Å². The number of aromatic nitrogens is 2. The lowest BCUT2D eigenvalue weighted by Crippen LogP contribution is -2.62. The molecule has 0 aromatic carbocycles. The van der Waals surface area contributed by atoms with Crippen molar-refractivity contribution < 1.29 is 116 Å². The number of likely N-dealkylation sites (tertiary alicyclic amines) is 1. The van der Waals surface area contributed by atoms with Crippen LogP contribution >= 0.6 is 15.6 Å². The highest BCUT2D eigenvalue weighted by Crippen LogP contribution is 2.36. The highest BCUT2D eigenvalue weighted by Gasteiger charge is 2.41. The highest BCUT2D eigenvalue weighted by molar-refractivity contribution is 7.46. The molecule has 1 fully saturated rings. The molecule has 0 aliphatic carbocycles. The number of nitrogens with one attached hydrogen (secondary N) is 11. The number of unbranched alkanes of at least 4 members (excludes halogenated alkanes) is 2. The third-order valence-electron chi connectivity index (χ3n) is 15.2. The van der Waals surface area contributed by atoms with Gasteiger partial charge in [-0.2, -0.15) is 0 Å². The second-order valence-electron chi connectivity index (χ2n) is 23.1. The molecule has 562 valence electrons. The molecule has 43 nitrogen and oxygen atoms in total. The van der Waals surface area contributed by atoms with Crippen LogP contribution in [0.2, 0.25) is 0 Å². The van der Waals surface area contributed by atoms with Crippen LogP contribution in [0.3, 0.4) is 0 Å². The van der Waals surface area contributed by atoms with Gasteiger partial charge in [0.05, 0.1) is 44.9 Å². The Bertz CT molecular complexity index is 2980. The molecule has 1 aromatic heterocycles. The van der Waals surface area contributed by atoms with Gasteiger partial charge < -0.3 is 132 Å². The summed E-state index contributed by atoms with van der Waals surface area (Å²) in [6.45, 7) is 0.953. The van der Waals surface area contributed by atoms with E-state index in [9.17, 15) is 107 Å². The van der Waals surface area contributed by atoms with Crippen molar-refractivity contribution in [2.24, 2.45) is 39.6 Å². The van der Waals surface area contributed by atoms with Crippen molar-refractivity contribution >= 4 is 92.6 Å². The summed E-state index contributed by atoms with van der Waals surface area (Å²) in [4.78, 5) is 213. The lowest BCUT2D eigenvalue weighted by Gasteiger charge is -2.30. The fourth-order valence-electron chi connectivity index (χ4n) is 9.49. The second kappa shape index (κ2) is 43.6. The molecule has 99 heavy (non-hydrogen) atoms. The molecule has 0 spiro atoms. The first-order valence-electron chi connectivity index (χ1n) is 31.5. The van der Waals surface area contributed by atoms with E-state index in [0.717, 1.165) is 26.4 Å². The van der Waals surface area contributed by atoms with Gasteiger partial charge in [0.15, 0.2) is 5.96 Å². The molecule has 1 saturated heterocycles. The molecule has 29 N–H and O–H groups in total. The number of amides is 11. The average Bonchev–Trinajstić information content (AvgIpc) is 1.77. The maximum Gasteiger partial charge on any atom is 0.469 e. The van der Waals surface area contributed by atoms with E-state index in [1.165, 1.54) is 4.90 Å². The Morgan fingerprint density at radius 1 is 0.626 bits per heavy atom. The maximum absolute atomic E-state index is 14.2. The minimum atomic E-state index is -5.58. The van der Waals surface area contributed by atoms with Crippen LogP contribution in [0, 0.1) is 5.92 Å². The number of H-pyrrole nitrogens is 1. The molecular weight excluding hydrogens is 1360 g/mol. The number of aliphatic hydroxyl groups is 3. The number of imidazole rings is 1. The Kier molecular flexibility index (Phi) is 38.4. The predicted octanol–water partition coefficient (Wildman–Crippen LogP) is -9.84. The maximum atomic E-state index is 14.2. The lowest BCUT2D eigenvalue weighted by atomic mass is 9.97. The first-order valence-corrected chi connectivity index (χ1v) is 34.5. The predicted molar refractivity (Wildman–Crippen MR) is 345 cm³/mol. The van der Waals surface area contributed by atoms with Crippen molar-refractivity contribution in [1.82, 2.24) is 68.0 Å². The van der Waals surface area contributed by atoms with E-state index in [0.29, 0.717) is 38.6 Å². The SMILES string of the molecule is CC[C@H](C)[C@H](NC(=O)[C@@H]1CCCN1C(=O)[C@@H](N)CCCCN)C(=O)N[C@@H](CO)C(=O)N[C@@H](C)C(=O)N[C@@H](CO)C(=O)N[C@@H](Cc1cnc[nH]1)C(=O)N[C@@H](COP(=O)(O)O)C(=O)N[C@@H](COP(=O)(O)O)C(=O)N[C@@H](CCCCN)C(=O)N[C@H](C(=O)N[C@@H](CCCN=C(N)N)C(=O)O)[C@@H](C)O. The Hall–Kier alpha value is -7.90. The van der Waals surface area contributed by atoms with Crippen LogP contribution in [0.25, 0.3) is 0 Å². The van der Waals surface area contributed by atoms with Crippen molar-refractivity contribution in [2.45, 2.75) is 183 Å². The van der Waals surface area contributed by atoms with Gasteiger partial charge in [0.2, 0.25) is 65.0 Å². The van der Waals surface area contributed by atoms with Crippen molar-refractivity contribution in [1.29, 1.82) is 0 Å². The first kappa shape index (κ1) is 87.2. The van der Waals surface area contributed by atoms with Crippen LogP contribution in [0.5, 0.6) is 0 Å². The number of aromatic amines is 1. The van der Waals surface area contributed by atoms with E-state index in [1.807, 2.05) is 10.6 Å². The monoisotopic (exact) mass is 1460 g/mol. The largest absolute Gasteiger partial charge is 0.480 e. The molecule has 1 aliphatic heterocycles. The zero-order chi connectivity index (χ0) is 74.9. The van der Waals surface area contributed by atoms with Crippen molar-refractivity contribution in [3.63, 3.8) is 0 Å². The van der Waals surface area contributed by atoms with Gasteiger partial charge in [0.1, 0.15) is 66.5 Å². The number of aliphatic imine (C=N–C) groups is 1. The Labute approximate surface area is 568 Å². The number of carboxylic acid groups (broad SMARTS) is 1. The van der Waals surface area contributed by atoms with Crippen molar-refractivity contribution in [3.05, 3.63) is 18.2 Å². The molecule has 1 aromatic rings. The number of hydrogen-bond donors (Lipinski definition) is 24. The minimum absolute atomic E-state index is 0.0329. The molecule has 45 heteroatoms. The number of hydrogen-bond acceptors (Lipinski definition) is 24. The summed E-state index contributed by atoms with van der Waals surface area (Å²) in [7, 11) is -11.1. The van der Waals surface area contributed by atoms with Gasteiger partial charge in [-0.15, -0.1) is 0 Å². The third-order valence-corrected chi connectivity index (χ3v) is 16.2. The third kappa shape index (κ3) is 31.9. The first-order chi connectivity index (χ1) is 46.4. The molecule has 2 rings (SSSR count). The van der Waals surface area contributed by atoms with Crippen LogP contribution in [-0.4, -0.2) is 263 Å². The van der Waals surface area contributed by atoms with Gasteiger partial charge in [0, 0.05) is 31.4 Å². The second-order valence-corrected chi connectivity index (χ2v) is 25.6. The summed E-state index contributed by atoms with van der Waals surface area (Å²) in [5, 5.41) is 63.1. The Morgan fingerprint density at radius 2 is 1.09 bits per heavy atom. The summed E-state index contributed by atoms with van der Waals surface area (Å²) < 4.78 is 32.9. The number of rotatable bonds is 47. The van der Waals surface area contributed by atoms with Gasteiger partial charge >= 0.3 is 21.6 Å². The number of carboxylic acids is 1. The van der Waals surface area contributed by atoms with Gasteiger partial charge in [0.25, 0.3) is 0 Å². The van der Waals surface area contributed by atoms with Crippen LogP contribution in [0.15, 0.2) is 17.5 Å². The van der Waals surface area contributed by atoms with Crippen LogP contribution in [-0.2, 0) is 82.1 Å². The molecule has 0 bridgehead atoms. The van der Waals surface area contributed by atoms with Gasteiger partial charge in [-0.25, -0.2) is 18.9 Å². The number of aliphatic hydroxyl groups excluding tert-OH is 3. The quantitative estimate of drug-likeness (QED) is 0.0125. The topological polar surface area (TPSA) is 714 Å². The summed E-state index contributed by atoms with van der Waals surface area (Å²) in [5.74, 6) is -15.1. The average molecular weight is 1460 g/mol. The molecule has 14 atom stereocenters. The summed E-state index contributed by atoms with van der Waals surface area (Å²) in [6, 6.07) is -20.4. The molecule has 0 saturated carbocycles. The summed E-state index contributed by atoms with van der Waals surface area (Å²) in [5.41, 5.74) is 28.0. The Morgan fingerprint density at radius 3 is 1.59 bits per heavy atom. The highest BCUT2D eigenvalue weighted by atomic mass is 31.2. The number of aliphatic carboxylic acids is 1. The van der Waals surface area contributed by atoms with E-state index < -0.39 is 204 Å². The van der Waals surface area contributed by atoms with Gasteiger partial charge in [-0.1, -0.05) is 26.7 Å². The minimum Gasteiger partial charge on any atom is -0.480 e. The van der Waals surface area contributed by atoms with Crippen LogP contribution in [0.1, 0.15) is 104 Å². The normalized spacial score (nSPS) is 17.1. The number of phosphoric ester groups is 2. The zero-order valence-corrected chi connectivity index (χ0v) is 56.9. The fraction of sp³-hybridized carbons (Fsp3) is 0.704. The number of nitrogens with zero attached hydrogens (tertiary/aromatic N) is 3. The van der Waals surface area contributed by atoms with Gasteiger partial charge in [-0.3, -0.25) is 66.8 Å². The lowest BCUT2D eigenvalue weighted by molar-refractivity contribution is -0.143. The van der Waals surface area contributed by atoms with E-state index in [1.54, 1.807) is 13.8 Å². The zero-order valence-electron chi connectivity index (χ0n) is 55.1. The van der Waals surface area contributed by atoms with E-state index in [-0.39, 0.29) is 69.8 Å². The van der Waals surface area contributed by atoms with Crippen molar-refractivity contribution in [3.8, 4) is 0 Å². The number of guanidine groups is 1. The van der Waals surface area contributed by atoms with Crippen LogP contribution in [0.4, 0.5) is 0 Å². The number of carbonyl (C=O) groups is 12. The van der Waals surface area contributed by atoms with E-state index >= 15 is 0 Å². The fourth-order valence-corrected chi connectivity index (χ4v) is 10.2. The molecule has 1 aliphatic rings. The number of phosphoric acid groups is 2. The molecular formula is C54H97N19O24P2. The number of nitrogens with two attached hydrogens (primary N) is 5. The Balaban J connectivity index is 2.40. The summed E-state index contributed by atoms with van der Waals surface area (Å²) in [6.07, 6.45) is 2.32. The molecule has 11 amide bonds. The smallest absolute Gasteiger partial charge is 0.469 e. The number of carbonyl (C=O) groups excluding carboxylic acids is 11. The van der Waals surface area contributed by atoms with Gasteiger partial charge in [-0.05, 0) is 90.6 Å². The van der Waals surface area contributed by atoms with Crippen molar-refractivity contribution in [2.75, 3.05) is 52.6 Å².